The van der Waals surface area contributed by atoms with Gasteiger partial charge in [-0.25, -0.2) is 4.79 Å². The van der Waals surface area contributed by atoms with Gasteiger partial charge >= 0.3 is 6.09 Å². The van der Waals surface area contributed by atoms with Crippen molar-refractivity contribution in [1.82, 2.24) is 19.9 Å². The molecule has 2 aliphatic heterocycles. The average Bonchev–Trinajstić information content (AvgIpc) is 3.16. The van der Waals surface area contributed by atoms with Crippen molar-refractivity contribution in [2.45, 2.75) is 12.5 Å². The maximum atomic E-state index is 12.2. The molecule has 2 aromatic heterocycles. The quantitative estimate of drug-likeness (QED) is 0.802. The zero-order chi connectivity index (χ0) is 18.9. The van der Waals surface area contributed by atoms with E-state index in [0.717, 1.165) is 47.7 Å². The molecule has 5 rings (SSSR count). The molecule has 2 aromatic rings. The average molecular weight is 379 g/mol. The Labute approximate surface area is 162 Å². The number of fused-ring (bicyclic) bond motifs is 1. The Morgan fingerprint density at radius 1 is 1.11 bits per heavy atom. The molecule has 3 aliphatic rings. The second-order valence-electron chi connectivity index (χ2n) is 7.14. The number of aromatic nitrogens is 3. The van der Waals surface area contributed by atoms with Gasteiger partial charge < -0.3 is 19.3 Å². The zero-order valence-corrected chi connectivity index (χ0v) is 15.5. The van der Waals surface area contributed by atoms with Crippen LogP contribution in [0, 0.1) is 0 Å². The third-order valence-electron chi connectivity index (χ3n) is 5.37. The first-order chi connectivity index (χ1) is 13.8. The Morgan fingerprint density at radius 2 is 1.96 bits per heavy atom. The molecule has 4 heterocycles. The number of pyridine rings is 1. The van der Waals surface area contributed by atoms with Crippen LogP contribution in [0.4, 0.5) is 10.5 Å². The molecule has 8 heteroatoms. The van der Waals surface area contributed by atoms with Gasteiger partial charge in [-0.15, -0.1) is 0 Å². The maximum Gasteiger partial charge on any atom is 0.410 e. The van der Waals surface area contributed by atoms with Crippen molar-refractivity contribution in [2.24, 2.45) is 0 Å². The van der Waals surface area contributed by atoms with E-state index < -0.39 is 0 Å². The third-order valence-corrected chi connectivity index (χ3v) is 5.37. The first-order valence-electron chi connectivity index (χ1n) is 9.51. The largest absolute Gasteiger partial charge is 0.441 e. The monoisotopic (exact) mass is 379 g/mol. The number of nitrogens with zero attached hydrogens (tertiary/aromatic N) is 5. The first kappa shape index (κ1) is 17.1. The summed E-state index contributed by atoms with van der Waals surface area (Å²) in [6, 6.07) is 2.05. The molecule has 0 aromatic carbocycles. The van der Waals surface area contributed by atoms with Crippen molar-refractivity contribution >= 4 is 23.4 Å². The fourth-order valence-electron chi connectivity index (χ4n) is 3.74. The van der Waals surface area contributed by atoms with Crippen molar-refractivity contribution in [3.05, 3.63) is 47.8 Å². The third kappa shape index (κ3) is 3.20. The van der Waals surface area contributed by atoms with Gasteiger partial charge in [0.25, 0.3) is 0 Å². The van der Waals surface area contributed by atoms with Crippen molar-refractivity contribution in [3.8, 4) is 0 Å². The van der Waals surface area contributed by atoms with Gasteiger partial charge in [-0.05, 0) is 17.7 Å². The molecule has 0 spiro atoms. The van der Waals surface area contributed by atoms with Crippen molar-refractivity contribution in [1.29, 1.82) is 0 Å². The number of rotatable bonds is 3. The number of piperazine rings is 1. The molecule has 0 radical (unpaired) electrons. The zero-order valence-electron chi connectivity index (χ0n) is 15.5. The number of hydrogen-bond donors (Lipinski definition) is 0. The minimum atomic E-state index is -0.238. The normalized spacial score (nSPS) is 19.1. The molecule has 144 valence electrons. The predicted octanol–water partition coefficient (Wildman–Crippen LogP) is 1.63. The van der Waals surface area contributed by atoms with E-state index in [1.807, 2.05) is 6.20 Å². The van der Waals surface area contributed by atoms with Gasteiger partial charge in [-0.2, -0.15) is 0 Å². The number of allylic oxidation sites excluding steroid dienone is 1. The fraction of sp³-hybridized carbons (Fsp3) is 0.400. The van der Waals surface area contributed by atoms with Crippen LogP contribution in [0.15, 0.2) is 30.9 Å². The molecule has 2 saturated heterocycles. The van der Waals surface area contributed by atoms with E-state index in [2.05, 4.69) is 32.0 Å². The van der Waals surface area contributed by atoms with E-state index in [1.54, 1.807) is 23.5 Å². The van der Waals surface area contributed by atoms with Crippen LogP contribution in [0.1, 0.15) is 17.0 Å². The fourth-order valence-corrected chi connectivity index (χ4v) is 3.74. The van der Waals surface area contributed by atoms with Crippen LogP contribution >= 0.6 is 0 Å². The Balaban J connectivity index is 1.29. The summed E-state index contributed by atoms with van der Waals surface area (Å²) in [5, 5.41) is 0. The van der Waals surface area contributed by atoms with Crippen molar-refractivity contribution < 1.29 is 14.3 Å². The summed E-state index contributed by atoms with van der Waals surface area (Å²) in [6.07, 6.45) is 9.64. The molecule has 0 unspecified atom stereocenters. The summed E-state index contributed by atoms with van der Waals surface area (Å²) >= 11 is 0. The molecular formula is C20H21N5O3. The highest BCUT2D eigenvalue weighted by Gasteiger charge is 2.29. The lowest BCUT2D eigenvalue weighted by atomic mass is 10.1. The number of ether oxygens (including phenoxy) is 2. The Morgan fingerprint density at radius 3 is 2.68 bits per heavy atom. The molecule has 1 amide bonds. The Kier molecular flexibility index (Phi) is 4.40. The molecule has 0 N–H and O–H groups in total. The highest BCUT2D eigenvalue weighted by Crippen LogP contribution is 2.35. The van der Waals surface area contributed by atoms with Gasteiger partial charge in [0, 0.05) is 62.4 Å². The molecule has 1 aliphatic carbocycles. The lowest BCUT2D eigenvalue weighted by Crippen LogP contribution is -2.51. The van der Waals surface area contributed by atoms with Gasteiger partial charge in [0.05, 0.1) is 30.8 Å². The topological polar surface area (TPSA) is 80.7 Å². The highest BCUT2D eigenvalue weighted by atomic mass is 16.6. The number of anilines is 1. The highest BCUT2D eigenvalue weighted by molar-refractivity contribution is 5.90. The second-order valence-corrected chi connectivity index (χ2v) is 7.14. The van der Waals surface area contributed by atoms with E-state index >= 15 is 0 Å². The standard InChI is InChI=1S/C20H21N5O3/c26-20(28-15-12-27-13-15)25-7-5-24(6-8-25)19-1-2-22-17-10-14(9-16(17)19)18-11-21-3-4-23-18/h1-4,9,11,15H,5-8,10,12-13H2. The molecule has 0 saturated carbocycles. The summed E-state index contributed by atoms with van der Waals surface area (Å²) in [4.78, 5) is 29.5. The molecular weight excluding hydrogens is 358 g/mol. The Hall–Kier alpha value is -3.00. The number of hydrogen-bond acceptors (Lipinski definition) is 7. The van der Waals surface area contributed by atoms with Gasteiger partial charge in [-0.3, -0.25) is 15.0 Å². The lowest BCUT2D eigenvalue weighted by molar-refractivity contribution is -0.104. The number of amides is 1. The summed E-state index contributed by atoms with van der Waals surface area (Å²) in [5.74, 6) is 0. The maximum absolute atomic E-state index is 12.2. The summed E-state index contributed by atoms with van der Waals surface area (Å²) < 4.78 is 10.5. The van der Waals surface area contributed by atoms with Crippen LogP contribution in [0.3, 0.4) is 0 Å². The smallest absolute Gasteiger partial charge is 0.410 e. The number of carbonyl (C=O) groups is 1. The SMILES string of the molecule is O=C(OC1COC1)N1CCN(c2ccnc3c2C=C(c2cnccn2)C3)CC1. The van der Waals surface area contributed by atoms with Gasteiger partial charge in [-0.1, -0.05) is 0 Å². The van der Waals surface area contributed by atoms with E-state index in [4.69, 9.17) is 9.47 Å². The van der Waals surface area contributed by atoms with Crippen LogP contribution in [-0.4, -0.2) is 71.4 Å². The molecule has 0 atom stereocenters. The van der Waals surface area contributed by atoms with Gasteiger partial charge in [0.15, 0.2) is 6.10 Å². The van der Waals surface area contributed by atoms with Crippen LogP contribution in [0.2, 0.25) is 0 Å². The minimum absolute atomic E-state index is 0.0846. The molecule has 28 heavy (non-hydrogen) atoms. The lowest BCUT2D eigenvalue weighted by Gasteiger charge is -2.37. The van der Waals surface area contributed by atoms with E-state index in [1.165, 1.54) is 0 Å². The summed E-state index contributed by atoms with van der Waals surface area (Å²) in [5.41, 5.74) is 5.38. The van der Waals surface area contributed by atoms with E-state index in [9.17, 15) is 4.79 Å². The van der Waals surface area contributed by atoms with Crippen LogP contribution in [-0.2, 0) is 15.9 Å². The predicted molar refractivity (Wildman–Crippen MR) is 103 cm³/mol. The second kappa shape index (κ2) is 7.20. The first-order valence-corrected chi connectivity index (χ1v) is 9.51. The summed E-state index contributed by atoms with van der Waals surface area (Å²) in [7, 11) is 0. The molecule has 8 nitrogen and oxygen atoms in total. The molecule has 2 fully saturated rings. The molecule has 0 bridgehead atoms. The Bertz CT molecular complexity index is 905. The number of carbonyl (C=O) groups excluding carboxylic acids is 1. The van der Waals surface area contributed by atoms with Gasteiger partial charge in [0.1, 0.15) is 0 Å². The summed E-state index contributed by atoms with van der Waals surface area (Å²) in [6.45, 7) is 3.83. The van der Waals surface area contributed by atoms with E-state index in [0.29, 0.717) is 26.3 Å². The van der Waals surface area contributed by atoms with Crippen LogP contribution in [0.25, 0.3) is 11.6 Å². The van der Waals surface area contributed by atoms with Gasteiger partial charge in [0.2, 0.25) is 0 Å². The van der Waals surface area contributed by atoms with Crippen LogP contribution in [0.5, 0.6) is 0 Å². The van der Waals surface area contributed by atoms with E-state index in [-0.39, 0.29) is 12.2 Å². The van der Waals surface area contributed by atoms with Crippen LogP contribution < -0.4 is 4.90 Å². The van der Waals surface area contributed by atoms with Crippen molar-refractivity contribution in [3.63, 3.8) is 0 Å². The minimum Gasteiger partial charge on any atom is -0.441 e. The van der Waals surface area contributed by atoms with Crippen molar-refractivity contribution in [2.75, 3.05) is 44.3 Å².